The van der Waals surface area contributed by atoms with Gasteiger partial charge in [-0.2, -0.15) is 0 Å². The van der Waals surface area contributed by atoms with E-state index in [1.54, 1.807) is 0 Å². The van der Waals surface area contributed by atoms with Gasteiger partial charge in [-0.15, -0.1) is 11.3 Å². The summed E-state index contributed by atoms with van der Waals surface area (Å²) < 4.78 is 4.90. The second kappa shape index (κ2) is 10.5. The monoisotopic (exact) mass is 677 g/mol. The zero-order valence-electron chi connectivity index (χ0n) is 27.8. The third-order valence-corrected chi connectivity index (χ3v) is 12.2. The molecule has 0 N–H and O–H groups in total. The second-order valence-electron chi connectivity index (χ2n) is 13.7. The predicted octanol–water partition coefficient (Wildman–Crippen LogP) is 13.4. The zero-order chi connectivity index (χ0) is 33.9. The van der Waals surface area contributed by atoms with Crippen LogP contribution in [0.1, 0.15) is 0 Å². The molecule has 4 heteroatoms. The lowest BCUT2D eigenvalue weighted by molar-refractivity contribution is 1.25. The molecule has 8 aromatic carbocycles. The van der Waals surface area contributed by atoms with Crippen molar-refractivity contribution < 1.29 is 0 Å². The van der Waals surface area contributed by atoms with E-state index < -0.39 is 0 Å². The Balaban J connectivity index is 1.16. The van der Waals surface area contributed by atoms with Gasteiger partial charge in [0.25, 0.3) is 0 Å². The van der Waals surface area contributed by atoms with E-state index in [-0.39, 0.29) is 0 Å². The molecular formula is C48H27N3S. The molecule has 240 valence electrons. The van der Waals surface area contributed by atoms with E-state index in [4.69, 9.17) is 9.97 Å². The van der Waals surface area contributed by atoms with Crippen molar-refractivity contribution in [1.29, 1.82) is 0 Å². The van der Waals surface area contributed by atoms with Crippen molar-refractivity contribution in [2.45, 2.75) is 0 Å². The van der Waals surface area contributed by atoms with Gasteiger partial charge in [-0.05, 0) is 79.3 Å². The number of imidazole rings is 1. The van der Waals surface area contributed by atoms with Gasteiger partial charge in [0.05, 0.1) is 26.9 Å². The molecule has 0 aliphatic heterocycles. The summed E-state index contributed by atoms with van der Waals surface area (Å²) in [7, 11) is 0. The number of rotatable bonds is 2. The number of hydrogen-bond acceptors (Lipinski definition) is 3. The fourth-order valence-electron chi connectivity index (χ4n) is 8.61. The van der Waals surface area contributed by atoms with Crippen LogP contribution >= 0.6 is 11.3 Å². The first-order valence-corrected chi connectivity index (χ1v) is 18.5. The summed E-state index contributed by atoms with van der Waals surface area (Å²) >= 11 is 1.85. The summed E-state index contributed by atoms with van der Waals surface area (Å²) in [6, 6.07) is 57.5. The minimum Gasteiger partial charge on any atom is -0.291 e. The summed E-state index contributed by atoms with van der Waals surface area (Å²) in [5.74, 6) is 0. The highest BCUT2D eigenvalue weighted by atomic mass is 32.1. The Morgan fingerprint density at radius 3 is 2.00 bits per heavy atom. The fourth-order valence-corrected chi connectivity index (χ4v) is 9.79. The van der Waals surface area contributed by atoms with Gasteiger partial charge in [-0.25, -0.2) is 4.98 Å². The van der Waals surface area contributed by atoms with Crippen LogP contribution in [0.5, 0.6) is 0 Å². The van der Waals surface area contributed by atoms with E-state index in [9.17, 15) is 0 Å². The smallest absolute Gasteiger partial charge is 0.156 e. The molecule has 0 radical (unpaired) electrons. The van der Waals surface area contributed by atoms with Crippen LogP contribution in [0.3, 0.4) is 0 Å². The molecule has 0 atom stereocenters. The molecule has 0 spiro atoms. The number of thiophene rings is 1. The van der Waals surface area contributed by atoms with Gasteiger partial charge in [0.1, 0.15) is 0 Å². The Bertz CT molecular complexity index is 3460. The van der Waals surface area contributed by atoms with Crippen LogP contribution in [0.2, 0.25) is 0 Å². The summed E-state index contributed by atoms with van der Waals surface area (Å²) in [4.78, 5) is 10.3. The van der Waals surface area contributed by atoms with E-state index in [1.807, 2.05) is 23.6 Å². The highest BCUT2D eigenvalue weighted by Crippen LogP contribution is 2.44. The summed E-state index contributed by atoms with van der Waals surface area (Å²) in [6.45, 7) is 0. The highest BCUT2D eigenvalue weighted by Gasteiger charge is 2.20. The molecule has 4 heterocycles. The minimum absolute atomic E-state index is 1.01. The maximum atomic E-state index is 5.54. The van der Waals surface area contributed by atoms with Crippen LogP contribution in [0, 0.1) is 0 Å². The van der Waals surface area contributed by atoms with Gasteiger partial charge in [0.2, 0.25) is 0 Å². The number of pyridine rings is 2. The summed E-state index contributed by atoms with van der Waals surface area (Å²) in [5, 5.41) is 13.5. The number of aromatic nitrogens is 3. The molecule has 0 fully saturated rings. The minimum atomic E-state index is 1.01. The van der Waals surface area contributed by atoms with Crippen LogP contribution < -0.4 is 0 Å². The third-order valence-electron chi connectivity index (χ3n) is 11.0. The first kappa shape index (κ1) is 28.1. The van der Waals surface area contributed by atoms with Crippen molar-refractivity contribution in [3.05, 3.63) is 164 Å². The summed E-state index contributed by atoms with van der Waals surface area (Å²) in [5.41, 5.74) is 8.88. The predicted molar refractivity (Wildman–Crippen MR) is 222 cm³/mol. The lowest BCUT2D eigenvalue weighted by Crippen LogP contribution is -1.93. The van der Waals surface area contributed by atoms with Crippen molar-refractivity contribution in [2.24, 2.45) is 0 Å². The van der Waals surface area contributed by atoms with Gasteiger partial charge in [0.15, 0.2) is 5.65 Å². The van der Waals surface area contributed by atoms with Crippen LogP contribution in [0.25, 0.3) is 113 Å². The Hall–Kier alpha value is -6.62. The van der Waals surface area contributed by atoms with E-state index in [0.29, 0.717) is 0 Å². The van der Waals surface area contributed by atoms with E-state index in [2.05, 4.69) is 156 Å². The average Bonchev–Trinajstić information content (AvgIpc) is 3.80. The average molecular weight is 678 g/mol. The first-order valence-electron chi connectivity index (χ1n) is 17.7. The fraction of sp³-hybridized carbons (Fsp3) is 0. The molecular weight excluding hydrogens is 651 g/mol. The zero-order valence-corrected chi connectivity index (χ0v) is 28.7. The Morgan fingerprint density at radius 2 is 1.13 bits per heavy atom. The van der Waals surface area contributed by atoms with Gasteiger partial charge >= 0.3 is 0 Å². The van der Waals surface area contributed by atoms with Crippen LogP contribution in [0.4, 0.5) is 0 Å². The van der Waals surface area contributed by atoms with E-state index in [0.717, 1.165) is 38.8 Å². The largest absolute Gasteiger partial charge is 0.291 e. The molecule has 4 aromatic heterocycles. The molecule has 3 nitrogen and oxygen atoms in total. The quantitative estimate of drug-likeness (QED) is 0.171. The SMILES string of the molecule is c1ccc2c(c1)ccc1c2ccc2c1nc1c3sc4ccc5ccccc5c4c3cc(-c3ccc(-c4cc5cccnc5c5ccccc45)cc3)n21. The van der Waals surface area contributed by atoms with Crippen LogP contribution in [-0.4, -0.2) is 14.4 Å². The molecule has 0 saturated heterocycles. The molecule has 0 bridgehead atoms. The lowest BCUT2D eigenvalue weighted by atomic mass is 9.94. The van der Waals surface area contributed by atoms with Crippen molar-refractivity contribution in [3.63, 3.8) is 0 Å². The third kappa shape index (κ3) is 3.84. The summed E-state index contributed by atoms with van der Waals surface area (Å²) in [6.07, 6.45) is 1.88. The molecule has 0 unspecified atom stereocenters. The van der Waals surface area contributed by atoms with E-state index >= 15 is 0 Å². The van der Waals surface area contributed by atoms with Gasteiger partial charge in [-0.3, -0.25) is 9.38 Å². The normalized spacial score (nSPS) is 12.2. The topological polar surface area (TPSA) is 30.2 Å². The Labute approximate surface area is 301 Å². The highest BCUT2D eigenvalue weighted by molar-refractivity contribution is 7.26. The number of nitrogens with zero attached hydrogens (tertiary/aromatic N) is 3. The standard InChI is InChI=1S/C48H27N3S/c1-3-11-33-28(8-1)19-21-38-36(33)22-23-41-46(38)50-48-47-40(44-34-12-4-2-9-29(34)20-24-43(44)52-47)27-42(51(41)48)31-17-15-30(16-18-31)39-26-32-10-7-25-49-45(32)37-14-6-5-13-35(37)39/h1-27H. The maximum Gasteiger partial charge on any atom is 0.156 e. The van der Waals surface area contributed by atoms with Gasteiger partial charge in [0, 0.05) is 37.8 Å². The van der Waals surface area contributed by atoms with Crippen molar-refractivity contribution in [1.82, 2.24) is 14.4 Å². The molecule has 0 amide bonds. The number of fused-ring (bicyclic) bond motifs is 16. The molecule has 0 saturated carbocycles. The molecule has 0 aliphatic rings. The maximum absolute atomic E-state index is 5.54. The van der Waals surface area contributed by atoms with Crippen LogP contribution in [0.15, 0.2) is 164 Å². The lowest BCUT2D eigenvalue weighted by Gasteiger charge is -2.13. The first-order chi connectivity index (χ1) is 25.8. The van der Waals surface area contributed by atoms with Crippen LogP contribution in [-0.2, 0) is 0 Å². The van der Waals surface area contributed by atoms with Crippen molar-refractivity contribution in [3.8, 4) is 22.4 Å². The Kier molecular flexibility index (Phi) is 5.65. The van der Waals surface area contributed by atoms with Gasteiger partial charge < -0.3 is 0 Å². The van der Waals surface area contributed by atoms with Crippen molar-refractivity contribution in [2.75, 3.05) is 0 Å². The van der Waals surface area contributed by atoms with Crippen molar-refractivity contribution >= 4 is 102 Å². The second-order valence-corrected chi connectivity index (χ2v) is 14.8. The molecule has 52 heavy (non-hydrogen) atoms. The number of hydrogen-bond donors (Lipinski definition) is 0. The Morgan fingerprint density at radius 1 is 0.462 bits per heavy atom. The van der Waals surface area contributed by atoms with E-state index in [1.165, 1.54) is 74.4 Å². The molecule has 12 rings (SSSR count). The number of benzene rings is 8. The molecule has 12 aromatic rings. The molecule has 0 aliphatic carbocycles. The van der Waals surface area contributed by atoms with Gasteiger partial charge in [-0.1, -0.05) is 127 Å².